The fourth-order valence-corrected chi connectivity index (χ4v) is 2.04. The van der Waals surface area contributed by atoms with Crippen LogP contribution in [0.25, 0.3) is 0 Å². The van der Waals surface area contributed by atoms with Gasteiger partial charge < -0.3 is 16.2 Å². The number of amides is 1. The average molecular weight is 259 g/mol. The molecule has 0 saturated carbocycles. The van der Waals surface area contributed by atoms with E-state index >= 15 is 0 Å². The van der Waals surface area contributed by atoms with Crippen molar-refractivity contribution < 1.29 is 9.53 Å². The van der Waals surface area contributed by atoms with Gasteiger partial charge in [0.15, 0.2) is 5.75 Å². The molecule has 0 aromatic heterocycles. The molecule has 0 aliphatic carbocycles. The van der Waals surface area contributed by atoms with Crippen molar-refractivity contribution in [3.63, 3.8) is 0 Å². The summed E-state index contributed by atoms with van der Waals surface area (Å²) in [4.78, 5) is 11.1. The highest BCUT2D eigenvalue weighted by atomic mass is 79.9. The fraction of sp³-hybridized carbons (Fsp3) is 0.222. The molecule has 0 bridgehead atoms. The molecule has 0 fully saturated rings. The van der Waals surface area contributed by atoms with Crippen LogP contribution in [-0.2, 0) is 0 Å². The maximum Gasteiger partial charge on any atom is 0.251 e. The third-order valence-electron chi connectivity index (χ3n) is 1.92. The Labute approximate surface area is 90.3 Å². The summed E-state index contributed by atoms with van der Waals surface area (Å²) >= 11 is 3.28. The number of anilines is 1. The smallest absolute Gasteiger partial charge is 0.251 e. The Morgan fingerprint density at radius 1 is 1.57 bits per heavy atom. The molecule has 1 amide bonds. The molecule has 0 radical (unpaired) electrons. The Balaban J connectivity index is 3.52. The maximum atomic E-state index is 11.1. The Kier molecular flexibility index (Phi) is 3.00. The zero-order chi connectivity index (χ0) is 10.9. The van der Waals surface area contributed by atoms with Gasteiger partial charge in [-0.3, -0.25) is 4.79 Å². The van der Waals surface area contributed by atoms with Gasteiger partial charge >= 0.3 is 0 Å². The second-order valence-electron chi connectivity index (χ2n) is 2.86. The summed E-state index contributed by atoms with van der Waals surface area (Å²) in [6.45, 7) is 1.76. The van der Waals surface area contributed by atoms with Crippen LogP contribution in [0.2, 0.25) is 0 Å². The summed E-state index contributed by atoms with van der Waals surface area (Å²) in [7, 11) is 1.48. The van der Waals surface area contributed by atoms with Gasteiger partial charge in [0.05, 0.1) is 22.8 Å². The first-order chi connectivity index (χ1) is 6.49. The number of halogens is 1. The van der Waals surface area contributed by atoms with Crippen LogP contribution in [0.1, 0.15) is 15.9 Å². The highest BCUT2D eigenvalue weighted by Gasteiger charge is 2.16. The average Bonchev–Trinajstić information content (AvgIpc) is 2.02. The van der Waals surface area contributed by atoms with Crippen molar-refractivity contribution >= 4 is 27.5 Å². The highest BCUT2D eigenvalue weighted by molar-refractivity contribution is 9.10. The summed E-state index contributed by atoms with van der Waals surface area (Å²) in [5.74, 6) is -0.116. The van der Waals surface area contributed by atoms with Gasteiger partial charge in [-0.1, -0.05) is 0 Å². The van der Waals surface area contributed by atoms with Crippen LogP contribution in [0.15, 0.2) is 10.5 Å². The minimum Gasteiger partial charge on any atom is -0.493 e. The molecule has 0 saturated heterocycles. The van der Waals surface area contributed by atoms with Crippen LogP contribution in [0.4, 0.5) is 5.69 Å². The predicted molar refractivity (Wildman–Crippen MR) is 58.4 cm³/mol. The second kappa shape index (κ2) is 3.88. The first kappa shape index (κ1) is 10.8. The molecule has 0 atom stereocenters. The van der Waals surface area contributed by atoms with Gasteiger partial charge in [0.25, 0.3) is 5.91 Å². The van der Waals surface area contributed by atoms with Gasteiger partial charge in [-0.05, 0) is 34.5 Å². The van der Waals surface area contributed by atoms with Crippen LogP contribution in [-0.4, -0.2) is 13.0 Å². The fourth-order valence-electron chi connectivity index (χ4n) is 1.32. The lowest BCUT2D eigenvalue weighted by Gasteiger charge is -2.12. The summed E-state index contributed by atoms with van der Waals surface area (Å²) in [5.41, 5.74) is 12.2. The number of aryl methyl sites for hydroxylation is 1. The minimum atomic E-state index is -0.550. The number of hydrogen-bond acceptors (Lipinski definition) is 3. The molecule has 1 aromatic rings. The molecule has 14 heavy (non-hydrogen) atoms. The number of nitrogen functional groups attached to an aromatic ring is 1. The van der Waals surface area contributed by atoms with Gasteiger partial charge in [0, 0.05) is 0 Å². The lowest BCUT2D eigenvalue weighted by molar-refractivity contribution is 0.100. The molecular weight excluding hydrogens is 248 g/mol. The number of methoxy groups -OCH3 is 1. The third-order valence-corrected chi connectivity index (χ3v) is 2.51. The van der Waals surface area contributed by atoms with E-state index in [1.165, 1.54) is 7.11 Å². The van der Waals surface area contributed by atoms with Gasteiger partial charge in [0.2, 0.25) is 0 Å². The number of hydrogen-bond donors (Lipinski definition) is 2. The molecule has 0 unspecified atom stereocenters. The number of carbonyl (C=O) groups is 1. The molecule has 4 nitrogen and oxygen atoms in total. The summed E-state index contributed by atoms with van der Waals surface area (Å²) in [6, 6.07) is 1.75. The topological polar surface area (TPSA) is 78.3 Å². The van der Waals surface area contributed by atoms with Crippen molar-refractivity contribution in [2.24, 2.45) is 5.73 Å². The quantitative estimate of drug-likeness (QED) is 0.789. The van der Waals surface area contributed by atoms with Gasteiger partial charge in [-0.15, -0.1) is 0 Å². The largest absolute Gasteiger partial charge is 0.493 e. The molecule has 0 aliphatic heterocycles. The first-order valence-corrected chi connectivity index (χ1v) is 4.70. The number of rotatable bonds is 2. The van der Waals surface area contributed by atoms with E-state index in [-0.39, 0.29) is 5.69 Å². The SMILES string of the molecule is COc1c(Br)cc(C)c(C(N)=O)c1N. The zero-order valence-corrected chi connectivity index (χ0v) is 9.51. The molecule has 76 valence electrons. The molecule has 5 heteroatoms. The van der Waals surface area contributed by atoms with Crippen LogP contribution < -0.4 is 16.2 Å². The van der Waals surface area contributed by atoms with Crippen LogP contribution in [0.5, 0.6) is 5.75 Å². The molecule has 0 aliphatic rings. The molecule has 4 N–H and O–H groups in total. The van der Waals surface area contributed by atoms with E-state index in [2.05, 4.69) is 15.9 Å². The number of benzene rings is 1. The lowest BCUT2D eigenvalue weighted by atomic mass is 10.1. The number of primary amides is 1. The van der Waals surface area contributed by atoms with Gasteiger partial charge in [-0.25, -0.2) is 0 Å². The third kappa shape index (κ3) is 1.68. The normalized spacial score (nSPS) is 9.93. The van der Waals surface area contributed by atoms with Crippen molar-refractivity contribution in [1.29, 1.82) is 0 Å². The maximum absolute atomic E-state index is 11.1. The molecule has 1 rings (SSSR count). The first-order valence-electron chi connectivity index (χ1n) is 3.91. The minimum absolute atomic E-state index is 0.270. The molecular formula is C9H11BrN2O2. The van der Waals surface area contributed by atoms with Gasteiger partial charge in [-0.2, -0.15) is 0 Å². The van der Waals surface area contributed by atoms with Crippen molar-refractivity contribution in [3.8, 4) is 5.75 Å². The van der Waals surface area contributed by atoms with E-state index in [9.17, 15) is 4.79 Å². The van der Waals surface area contributed by atoms with Crippen molar-refractivity contribution in [2.45, 2.75) is 6.92 Å². The van der Waals surface area contributed by atoms with Crippen LogP contribution in [0.3, 0.4) is 0 Å². The standard InChI is InChI=1S/C9H11BrN2O2/c1-4-3-5(10)8(14-2)7(11)6(4)9(12)13/h3H,11H2,1-2H3,(H2,12,13). The predicted octanol–water partition coefficient (Wildman–Crippen LogP) is 1.45. The summed E-state index contributed by atoms with van der Waals surface area (Å²) in [5, 5.41) is 0. The van der Waals surface area contributed by atoms with E-state index in [1.54, 1.807) is 13.0 Å². The number of ether oxygens (including phenoxy) is 1. The van der Waals surface area contributed by atoms with Crippen LogP contribution >= 0.6 is 15.9 Å². The van der Waals surface area contributed by atoms with Gasteiger partial charge in [0.1, 0.15) is 0 Å². The summed E-state index contributed by atoms with van der Waals surface area (Å²) in [6.07, 6.45) is 0. The summed E-state index contributed by atoms with van der Waals surface area (Å²) < 4.78 is 5.75. The zero-order valence-electron chi connectivity index (χ0n) is 7.93. The van der Waals surface area contributed by atoms with Crippen LogP contribution in [0, 0.1) is 6.92 Å². The second-order valence-corrected chi connectivity index (χ2v) is 3.72. The van der Waals surface area contributed by atoms with E-state index < -0.39 is 5.91 Å². The molecule has 0 heterocycles. The highest BCUT2D eigenvalue weighted by Crippen LogP contribution is 2.35. The van der Waals surface area contributed by atoms with Crippen molar-refractivity contribution in [1.82, 2.24) is 0 Å². The van der Waals surface area contributed by atoms with E-state index in [0.717, 1.165) is 5.56 Å². The Morgan fingerprint density at radius 2 is 2.14 bits per heavy atom. The van der Waals surface area contributed by atoms with Crippen molar-refractivity contribution in [3.05, 3.63) is 21.7 Å². The van der Waals surface area contributed by atoms with E-state index in [0.29, 0.717) is 15.8 Å². The Bertz CT molecular complexity index is 391. The Morgan fingerprint density at radius 3 is 2.57 bits per heavy atom. The van der Waals surface area contributed by atoms with E-state index in [4.69, 9.17) is 16.2 Å². The molecule has 0 spiro atoms. The Hall–Kier alpha value is -1.23. The lowest BCUT2D eigenvalue weighted by Crippen LogP contribution is -2.16. The number of carbonyl (C=O) groups excluding carboxylic acids is 1. The van der Waals surface area contributed by atoms with E-state index in [1.807, 2.05) is 0 Å². The molecule has 1 aromatic carbocycles. The number of nitrogens with two attached hydrogens (primary N) is 2. The monoisotopic (exact) mass is 258 g/mol. The van der Waals surface area contributed by atoms with Crippen molar-refractivity contribution in [2.75, 3.05) is 12.8 Å².